The summed E-state index contributed by atoms with van der Waals surface area (Å²) in [5.74, 6) is -2.70. The maximum absolute atomic E-state index is 13.2. The number of sulfone groups is 1. The lowest BCUT2D eigenvalue weighted by atomic mass is 10.2. The summed E-state index contributed by atoms with van der Waals surface area (Å²) in [6.45, 7) is 1.39. The van der Waals surface area contributed by atoms with E-state index < -0.39 is 32.5 Å². The molecule has 0 aliphatic heterocycles. The van der Waals surface area contributed by atoms with Crippen LogP contribution in [0.15, 0.2) is 18.2 Å². The van der Waals surface area contributed by atoms with Crippen LogP contribution in [0.5, 0.6) is 0 Å². The van der Waals surface area contributed by atoms with Crippen LogP contribution in [-0.4, -0.2) is 20.2 Å². The number of hydrogen-bond donors (Lipinski definition) is 1. The summed E-state index contributed by atoms with van der Waals surface area (Å²) in [6.07, 6.45) is 0. The molecule has 1 atom stereocenters. The standard InChI is InChI=1S/C10H13F2NO2S/c1-7(5-13)16(14,15)6-8-3-2-4-9(11)10(8)12/h2-4,7H,5-6,13H2,1H3. The predicted octanol–water partition coefficient (Wildman–Crippen LogP) is 1.23. The fourth-order valence-electron chi connectivity index (χ4n) is 1.17. The van der Waals surface area contributed by atoms with Gasteiger partial charge in [-0.1, -0.05) is 12.1 Å². The Hall–Kier alpha value is -1.01. The van der Waals surface area contributed by atoms with Crippen molar-refractivity contribution in [1.82, 2.24) is 0 Å². The SMILES string of the molecule is CC(CN)S(=O)(=O)Cc1cccc(F)c1F. The number of hydrogen-bond acceptors (Lipinski definition) is 3. The monoisotopic (exact) mass is 249 g/mol. The van der Waals surface area contributed by atoms with E-state index >= 15 is 0 Å². The lowest BCUT2D eigenvalue weighted by Gasteiger charge is -2.10. The van der Waals surface area contributed by atoms with Crippen molar-refractivity contribution in [1.29, 1.82) is 0 Å². The molecule has 0 fully saturated rings. The molecule has 1 aromatic rings. The molecule has 0 amide bonds. The van der Waals surface area contributed by atoms with Gasteiger partial charge < -0.3 is 5.73 Å². The minimum Gasteiger partial charge on any atom is -0.329 e. The largest absolute Gasteiger partial charge is 0.329 e. The lowest BCUT2D eigenvalue weighted by Crippen LogP contribution is -2.28. The molecule has 0 heterocycles. The van der Waals surface area contributed by atoms with Gasteiger partial charge in [0.25, 0.3) is 0 Å². The van der Waals surface area contributed by atoms with Crippen molar-refractivity contribution in [3.8, 4) is 0 Å². The molecule has 0 bridgehead atoms. The van der Waals surface area contributed by atoms with Gasteiger partial charge in [-0.15, -0.1) is 0 Å². The van der Waals surface area contributed by atoms with Crippen molar-refractivity contribution in [2.24, 2.45) is 5.73 Å². The fourth-order valence-corrected chi connectivity index (χ4v) is 2.40. The Bertz CT molecular complexity index is 474. The van der Waals surface area contributed by atoms with E-state index in [-0.39, 0.29) is 12.1 Å². The van der Waals surface area contributed by atoms with Crippen LogP contribution < -0.4 is 5.73 Å². The molecule has 3 nitrogen and oxygen atoms in total. The number of nitrogens with two attached hydrogens (primary N) is 1. The average molecular weight is 249 g/mol. The summed E-state index contributed by atoms with van der Waals surface area (Å²) >= 11 is 0. The van der Waals surface area contributed by atoms with Crippen LogP contribution in [0.2, 0.25) is 0 Å². The Labute approximate surface area is 93.2 Å². The molecule has 0 saturated carbocycles. The molecule has 0 aliphatic carbocycles. The van der Waals surface area contributed by atoms with Gasteiger partial charge in [0.05, 0.1) is 11.0 Å². The summed E-state index contributed by atoms with van der Waals surface area (Å²) < 4.78 is 49.3. The van der Waals surface area contributed by atoms with Gasteiger partial charge in [0.15, 0.2) is 21.5 Å². The number of benzene rings is 1. The molecular formula is C10H13F2NO2S. The summed E-state index contributed by atoms with van der Waals surface area (Å²) in [5, 5.41) is -0.768. The van der Waals surface area contributed by atoms with Gasteiger partial charge in [-0.25, -0.2) is 17.2 Å². The van der Waals surface area contributed by atoms with Crippen LogP contribution in [0.1, 0.15) is 12.5 Å². The molecule has 0 saturated heterocycles. The van der Waals surface area contributed by atoms with Crippen LogP contribution in [0.3, 0.4) is 0 Å². The Morgan fingerprint density at radius 1 is 1.38 bits per heavy atom. The molecule has 0 spiro atoms. The third-order valence-electron chi connectivity index (χ3n) is 2.33. The van der Waals surface area contributed by atoms with Crippen molar-refractivity contribution in [3.63, 3.8) is 0 Å². The third-order valence-corrected chi connectivity index (χ3v) is 4.47. The van der Waals surface area contributed by atoms with Crippen molar-refractivity contribution in [2.75, 3.05) is 6.54 Å². The Morgan fingerprint density at radius 2 is 2.00 bits per heavy atom. The molecule has 2 N–H and O–H groups in total. The van der Waals surface area contributed by atoms with Crippen LogP contribution in [0.25, 0.3) is 0 Å². The topological polar surface area (TPSA) is 60.2 Å². The van der Waals surface area contributed by atoms with E-state index in [4.69, 9.17) is 5.73 Å². The van der Waals surface area contributed by atoms with Gasteiger partial charge in [-0.2, -0.15) is 0 Å². The van der Waals surface area contributed by atoms with E-state index in [1.165, 1.54) is 19.1 Å². The molecule has 0 radical (unpaired) electrons. The molecular weight excluding hydrogens is 236 g/mol. The molecule has 90 valence electrons. The zero-order valence-corrected chi connectivity index (χ0v) is 9.60. The van der Waals surface area contributed by atoms with E-state index in [0.29, 0.717) is 0 Å². The van der Waals surface area contributed by atoms with Crippen molar-refractivity contribution >= 4 is 9.84 Å². The lowest BCUT2D eigenvalue weighted by molar-refractivity contribution is 0.500. The molecule has 16 heavy (non-hydrogen) atoms. The van der Waals surface area contributed by atoms with E-state index in [9.17, 15) is 17.2 Å². The van der Waals surface area contributed by atoms with Crippen molar-refractivity contribution < 1.29 is 17.2 Å². The minimum atomic E-state index is -3.53. The molecule has 1 unspecified atom stereocenters. The van der Waals surface area contributed by atoms with Gasteiger partial charge in [0.2, 0.25) is 0 Å². The van der Waals surface area contributed by atoms with Gasteiger partial charge in [0, 0.05) is 12.1 Å². The Morgan fingerprint density at radius 3 is 2.56 bits per heavy atom. The minimum absolute atomic E-state index is 0.0424. The van der Waals surface area contributed by atoms with Gasteiger partial charge in [0.1, 0.15) is 0 Å². The summed E-state index contributed by atoms with van der Waals surface area (Å²) in [5.41, 5.74) is 5.07. The maximum atomic E-state index is 13.2. The van der Waals surface area contributed by atoms with E-state index in [0.717, 1.165) is 6.07 Å². The molecule has 1 rings (SSSR count). The number of rotatable bonds is 4. The first-order valence-electron chi connectivity index (χ1n) is 4.73. The van der Waals surface area contributed by atoms with Gasteiger partial charge >= 0.3 is 0 Å². The third kappa shape index (κ3) is 2.76. The van der Waals surface area contributed by atoms with Crippen LogP contribution in [-0.2, 0) is 15.6 Å². The second-order valence-electron chi connectivity index (χ2n) is 3.57. The Balaban J connectivity index is 3.02. The van der Waals surface area contributed by atoms with E-state index in [1.807, 2.05) is 0 Å². The quantitative estimate of drug-likeness (QED) is 0.873. The second kappa shape index (κ2) is 4.88. The highest BCUT2D eigenvalue weighted by atomic mass is 32.2. The first-order chi connectivity index (χ1) is 7.38. The summed E-state index contributed by atoms with van der Waals surface area (Å²) in [6, 6.07) is 3.47. The van der Waals surface area contributed by atoms with Gasteiger partial charge in [-0.05, 0) is 13.0 Å². The maximum Gasteiger partial charge on any atom is 0.163 e. The van der Waals surface area contributed by atoms with Gasteiger partial charge in [-0.3, -0.25) is 0 Å². The first kappa shape index (κ1) is 13.1. The summed E-state index contributed by atoms with van der Waals surface area (Å²) in [7, 11) is -3.53. The predicted molar refractivity (Wildman–Crippen MR) is 57.5 cm³/mol. The highest BCUT2D eigenvalue weighted by Crippen LogP contribution is 2.16. The van der Waals surface area contributed by atoms with E-state index in [1.54, 1.807) is 0 Å². The van der Waals surface area contributed by atoms with Crippen LogP contribution >= 0.6 is 0 Å². The Kier molecular flexibility index (Phi) is 3.98. The highest BCUT2D eigenvalue weighted by Gasteiger charge is 2.22. The van der Waals surface area contributed by atoms with Crippen LogP contribution in [0.4, 0.5) is 8.78 Å². The number of halogens is 2. The zero-order chi connectivity index (χ0) is 12.3. The second-order valence-corrected chi connectivity index (χ2v) is 5.99. The molecule has 0 aromatic heterocycles. The highest BCUT2D eigenvalue weighted by molar-refractivity contribution is 7.91. The smallest absolute Gasteiger partial charge is 0.163 e. The molecule has 6 heteroatoms. The zero-order valence-electron chi connectivity index (χ0n) is 8.78. The molecule has 1 aromatic carbocycles. The van der Waals surface area contributed by atoms with Crippen LogP contribution in [0, 0.1) is 11.6 Å². The summed E-state index contributed by atoms with van der Waals surface area (Å²) in [4.78, 5) is 0. The normalized spacial score (nSPS) is 13.8. The molecule has 0 aliphatic rings. The van der Waals surface area contributed by atoms with Crippen molar-refractivity contribution in [2.45, 2.75) is 17.9 Å². The fraction of sp³-hybridized carbons (Fsp3) is 0.400. The van der Waals surface area contributed by atoms with Crippen molar-refractivity contribution in [3.05, 3.63) is 35.4 Å². The van der Waals surface area contributed by atoms with E-state index in [2.05, 4.69) is 0 Å². The first-order valence-corrected chi connectivity index (χ1v) is 6.44. The average Bonchev–Trinajstić information content (AvgIpc) is 2.23.